The third kappa shape index (κ3) is 3.53. The van der Waals surface area contributed by atoms with Crippen LogP contribution in [0.3, 0.4) is 0 Å². The molecule has 0 N–H and O–H groups in total. The fourth-order valence-corrected chi connectivity index (χ4v) is 4.50. The first-order valence-corrected chi connectivity index (χ1v) is 10.2. The highest BCUT2D eigenvalue weighted by molar-refractivity contribution is 5.93. The van der Waals surface area contributed by atoms with E-state index in [2.05, 4.69) is 29.1 Å². The van der Waals surface area contributed by atoms with E-state index in [0.29, 0.717) is 18.2 Å². The van der Waals surface area contributed by atoms with E-state index in [0.717, 1.165) is 50.3 Å². The molecule has 0 bridgehead atoms. The number of fused-ring (bicyclic) bond motifs is 1. The summed E-state index contributed by atoms with van der Waals surface area (Å²) in [4.78, 5) is 15.6. The van der Waals surface area contributed by atoms with Gasteiger partial charge in [0.05, 0.1) is 12.8 Å². The average molecular weight is 383 g/mol. The zero-order valence-corrected chi connectivity index (χ0v) is 17.0. The molecular weight excluding hydrogens is 354 g/mol. The van der Waals surface area contributed by atoms with Gasteiger partial charge in [0.25, 0.3) is 5.91 Å². The van der Waals surface area contributed by atoms with Gasteiger partial charge in [-0.2, -0.15) is 5.10 Å². The molecule has 0 aliphatic carbocycles. The standard InChI is InChI=1S/C22H29N3O3/c1-4-18-13-21(24(2)23-18)22(26)25-14-16-5-6-19(27-3)11-17(16)12-20(25)15-7-9-28-10-8-15/h5-6,11,13,15,20H,4,7-10,12,14H2,1-3H3/t20-/m1/s1. The van der Waals surface area contributed by atoms with Gasteiger partial charge in [0, 0.05) is 32.8 Å². The molecule has 1 aromatic heterocycles. The molecule has 1 fully saturated rings. The Morgan fingerprint density at radius 3 is 2.71 bits per heavy atom. The number of carbonyl (C=O) groups excluding carboxylic acids is 1. The van der Waals surface area contributed by atoms with Crippen LogP contribution in [0.25, 0.3) is 0 Å². The molecule has 0 saturated carbocycles. The molecule has 4 rings (SSSR count). The summed E-state index contributed by atoms with van der Waals surface area (Å²) in [5.41, 5.74) is 4.12. The smallest absolute Gasteiger partial charge is 0.272 e. The van der Waals surface area contributed by atoms with Crippen molar-refractivity contribution < 1.29 is 14.3 Å². The summed E-state index contributed by atoms with van der Waals surface area (Å²) < 4.78 is 12.7. The highest BCUT2D eigenvalue weighted by Crippen LogP contribution is 2.34. The molecule has 0 spiro atoms. The minimum Gasteiger partial charge on any atom is -0.497 e. The zero-order chi connectivity index (χ0) is 19.7. The van der Waals surface area contributed by atoms with Gasteiger partial charge >= 0.3 is 0 Å². The van der Waals surface area contributed by atoms with E-state index in [1.54, 1.807) is 11.8 Å². The molecule has 0 radical (unpaired) electrons. The Labute approximate surface area is 166 Å². The molecule has 28 heavy (non-hydrogen) atoms. The monoisotopic (exact) mass is 383 g/mol. The number of hydrogen-bond donors (Lipinski definition) is 0. The lowest BCUT2D eigenvalue weighted by Crippen LogP contribution is -2.49. The molecule has 3 heterocycles. The van der Waals surface area contributed by atoms with Gasteiger partial charge in [0.2, 0.25) is 0 Å². The Hall–Kier alpha value is -2.34. The van der Waals surface area contributed by atoms with E-state index in [9.17, 15) is 4.79 Å². The van der Waals surface area contributed by atoms with E-state index in [4.69, 9.17) is 9.47 Å². The van der Waals surface area contributed by atoms with E-state index in [1.165, 1.54) is 11.1 Å². The zero-order valence-electron chi connectivity index (χ0n) is 17.0. The van der Waals surface area contributed by atoms with Crippen molar-refractivity contribution in [1.29, 1.82) is 0 Å². The van der Waals surface area contributed by atoms with Gasteiger partial charge in [-0.1, -0.05) is 13.0 Å². The number of carbonyl (C=O) groups is 1. The normalized spacial score (nSPS) is 20.1. The first kappa shape index (κ1) is 19.0. The molecule has 150 valence electrons. The number of rotatable bonds is 4. The van der Waals surface area contributed by atoms with Gasteiger partial charge in [0.1, 0.15) is 11.4 Å². The van der Waals surface area contributed by atoms with Gasteiger partial charge < -0.3 is 14.4 Å². The van der Waals surface area contributed by atoms with E-state index in [1.807, 2.05) is 19.2 Å². The van der Waals surface area contributed by atoms with Crippen LogP contribution in [0.15, 0.2) is 24.3 Å². The predicted molar refractivity (Wildman–Crippen MR) is 106 cm³/mol. The van der Waals surface area contributed by atoms with Crippen LogP contribution in [0.2, 0.25) is 0 Å². The third-order valence-corrected chi connectivity index (χ3v) is 6.17. The van der Waals surface area contributed by atoms with E-state index in [-0.39, 0.29) is 11.9 Å². The van der Waals surface area contributed by atoms with Crippen LogP contribution in [-0.2, 0) is 31.2 Å². The summed E-state index contributed by atoms with van der Waals surface area (Å²) in [6, 6.07) is 8.32. The highest BCUT2D eigenvalue weighted by atomic mass is 16.5. The van der Waals surface area contributed by atoms with Gasteiger partial charge in [-0.25, -0.2) is 0 Å². The number of aryl methyl sites for hydroxylation is 2. The number of benzene rings is 1. The van der Waals surface area contributed by atoms with Crippen LogP contribution in [-0.4, -0.2) is 47.0 Å². The first-order chi connectivity index (χ1) is 13.6. The second-order valence-corrected chi connectivity index (χ2v) is 7.79. The second-order valence-electron chi connectivity index (χ2n) is 7.79. The van der Waals surface area contributed by atoms with Crippen molar-refractivity contribution in [2.24, 2.45) is 13.0 Å². The Balaban J connectivity index is 1.68. The SMILES string of the molecule is CCc1cc(C(=O)N2Cc3ccc(OC)cc3C[C@@H]2C2CCOCC2)n(C)n1. The van der Waals surface area contributed by atoms with E-state index < -0.39 is 0 Å². The molecule has 1 saturated heterocycles. The summed E-state index contributed by atoms with van der Waals surface area (Å²) in [6.45, 7) is 4.25. The Bertz CT molecular complexity index is 855. The molecule has 1 amide bonds. The molecule has 6 nitrogen and oxygen atoms in total. The van der Waals surface area contributed by atoms with Crippen LogP contribution in [0, 0.1) is 5.92 Å². The molecule has 2 aromatic rings. The van der Waals surface area contributed by atoms with Gasteiger partial charge in [-0.3, -0.25) is 9.48 Å². The molecule has 6 heteroatoms. The van der Waals surface area contributed by atoms with Crippen molar-refractivity contribution in [3.8, 4) is 5.75 Å². The lowest BCUT2D eigenvalue weighted by atomic mass is 9.82. The number of hydrogen-bond acceptors (Lipinski definition) is 4. The van der Waals surface area contributed by atoms with Crippen molar-refractivity contribution in [2.45, 2.75) is 45.2 Å². The summed E-state index contributed by atoms with van der Waals surface area (Å²) >= 11 is 0. The Morgan fingerprint density at radius 1 is 1.25 bits per heavy atom. The molecule has 1 aromatic carbocycles. The fraction of sp³-hybridized carbons (Fsp3) is 0.545. The fourth-order valence-electron chi connectivity index (χ4n) is 4.50. The second kappa shape index (κ2) is 7.95. The van der Waals surface area contributed by atoms with Crippen molar-refractivity contribution in [3.05, 3.63) is 46.8 Å². The van der Waals surface area contributed by atoms with Crippen molar-refractivity contribution in [3.63, 3.8) is 0 Å². The molecule has 2 aliphatic rings. The maximum atomic E-state index is 13.5. The van der Waals surface area contributed by atoms with Crippen LogP contribution in [0.5, 0.6) is 5.75 Å². The van der Waals surface area contributed by atoms with E-state index >= 15 is 0 Å². The molecule has 2 aliphatic heterocycles. The topological polar surface area (TPSA) is 56.6 Å². The lowest BCUT2D eigenvalue weighted by Gasteiger charge is -2.42. The lowest BCUT2D eigenvalue weighted by molar-refractivity contribution is 0.0175. The number of nitrogens with zero attached hydrogens (tertiary/aromatic N) is 3. The third-order valence-electron chi connectivity index (χ3n) is 6.17. The predicted octanol–water partition coefficient (Wildman–Crippen LogP) is 2.98. The molecule has 1 atom stereocenters. The Kier molecular flexibility index (Phi) is 5.40. The van der Waals surface area contributed by atoms with Gasteiger partial charge in [-0.05, 0) is 60.9 Å². The maximum absolute atomic E-state index is 13.5. The quantitative estimate of drug-likeness (QED) is 0.814. The van der Waals surface area contributed by atoms with Crippen LogP contribution in [0.1, 0.15) is 47.1 Å². The number of methoxy groups -OCH3 is 1. The van der Waals surface area contributed by atoms with Crippen LogP contribution in [0.4, 0.5) is 0 Å². The highest BCUT2D eigenvalue weighted by Gasteiger charge is 2.37. The van der Waals surface area contributed by atoms with Crippen LogP contribution < -0.4 is 4.74 Å². The van der Waals surface area contributed by atoms with Crippen molar-refractivity contribution in [1.82, 2.24) is 14.7 Å². The summed E-state index contributed by atoms with van der Waals surface area (Å²) in [5.74, 6) is 1.41. The summed E-state index contributed by atoms with van der Waals surface area (Å²) in [7, 11) is 3.56. The largest absolute Gasteiger partial charge is 0.497 e. The Morgan fingerprint density at radius 2 is 2.04 bits per heavy atom. The average Bonchev–Trinajstić information content (AvgIpc) is 3.13. The van der Waals surface area contributed by atoms with Crippen molar-refractivity contribution in [2.75, 3.05) is 20.3 Å². The van der Waals surface area contributed by atoms with Crippen molar-refractivity contribution >= 4 is 5.91 Å². The number of amides is 1. The minimum absolute atomic E-state index is 0.0765. The molecule has 0 unspecified atom stereocenters. The molecular formula is C22H29N3O3. The summed E-state index contributed by atoms with van der Waals surface area (Å²) in [6.07, 6.45) is 3.69. The van der Waals surface area contributed by atoms with Gasteiger partial charge in [-0.15, -0.1) is 0 Å². The van der Waals surface area contributed by atoms with Crippen LogP contribution >= 0.6 is 0 Å². The first-order valence-electron chi connectivity index (χ1n) is 10.2. The number of ether oxygens (including phenoxy) is 2. The minimum atomic E-state index is 0.0765. The number of aromatic nitrogens is 2. The van der Waals surface area contributed by atoms with Gasteiger partial charge in [0.15, 0.2) is 0 Å². The maximum Gasteiger partial charge on any atom is 0.272 e. The summed E-state index contributed by atoms with van der Waals surface area (Å²) in [5, 5.41) is 4.48.